The van der Waals surface area contributed by atoms with Crippen LogP contribution in [0.25, 0.3) is 10.9 Å². The molecule has 2 heterocycles. The zero-order valence-electron chi connectivity index (χ0n) is 15.9. The highest BCUT2D eigenvalue weighted by atomic mass is 35.5. The van der Waals surface area contributed by atoms with E-state index < -0.39 is 10.9 Å². The number of morpholine rings is 1. The largest absolute Gasteiger partial charge is 0.420 e. The van der Waals surface area contributed by atoms with Gasteiger partial charge < -0.3 is 9.47 Å². The van der Waals surface area contributed by atoms with Crippen molar-refractivity contribution in [3.8, 4) is 5.75 Å². The Kier molecular flexibility index (Phi) is 5.89. The summed E-state index contributed by atoms with van der Waals surface area (Å²) in [5, 5.41) is 12.2. The van der Waals surface area contributed by atoms with E-state index in [1.807, 2.05) is 0 Å². The minimum Gasteiger partial charge on any atom is -0.420 e. The molecule has 0 N–H and O–H groups in total. The summed E-state index contributed by atoms with van der Waals surface area (Å²) >= 11 is 6.46. The molecule has 30 heavy (non-hydrogen) atoms. The van der Waals surface area contributed by atoms with E-state index in [0.717, 1.165) is 13.1 Å². The van der Waals surface area contributed by atoms with E-state index in [2.05, 4.69) is 9.88 Å². The zero-order valence-corrected chi connectivity index (χ0v) is 16.7. The average molecular weight is 428 g/mol. The lowest BCUT2D eigenvalue weighted by Gasteiger charge is -2.27. The van der Waals surface area contributed by atoms with Crippen LogP contribution in [-0.2, 0) is 11.3 Å². The molecule has 0 saturated carbocycles. The Labute approximate surface area is 177 Å². The van der Waals surface area contributed by atoms with Crippen molar-refractivity contribution in [3.05, 3.63) is 74.9 Å². The molecule has 1 aliphatic rings. The van der Waals surface area contributed by atoms with E-state index in [1.54, 1.807) is 24.4 Å². The maximum Gasteiger partial charge on any atom is 0.343 e. The van der Waals surface area contributed by atoms with Crippen LogP contribution >= 0.6 is 11.6 Å². The second-order valence-corrected chi connectivity index (χ2v) is 7.24. The van der Waals surface area contributed by atoms with Crippen molar-refractivity contribution in [3.63, 3.8) is 0 Å². The Balaban J connectivity index is 1.73. The number of aromatic nitrogens is 1. The molecule has 154 valence electrons. The van der Waals surface area contributed by atoms with Gasteiger partial charge in [-0.3, -0.25) is 20.0 Å². The molecule has 0 radical (unpaired) electrons. The van der Waals surface area contributed by atoms with Crippen LogP contribution in [0.15, 0.2) is 48.7 Å². The van der Waals surface area contributed by atoms with Gasteiger partial charge in [-0.25, -0.2) is 4.79 Å². The minimum atomic E-state index is -0.698. The van der Waals surface area contributed by atoms with E-state index in [1.165, 1.54) is 24.3 Å². The number of carbonyl (C=O) groups is 1. The molecule has 0 aliphatic carbocycles. The molecule has 3 aromatic rings. The molecule has 0 amide bonds. The number of pyridine rings is 1. The molecule has 8 nitrogen and oxygen atoms in total. The highest BCUT2D eigenvalue weighted by Gasteiger charge is 2.21. The number of hydrogen-bond acceptors (Lipinski definition) is 7. The van der Waals surface area contributed by atoms with E-state index >= 15 is 0 Å². The standard InChI is InChI=1S/C21H18ClN3O5/c22-18-12-15(13-24-7-9-29-10-8-24)20(19-17(18)5-2-6-23-19)30-21(26)14-3-1-4-16(11-14)25(27)28/h1-6,11-12H,7-10,13H2. The summed E-state index contributed by atoms with van der Waals surface area (Å²) in [5.41, 5.74) is 1.08. The number of carbonyl (C=O) groups excluding carboxylic acids is 1. The molecule has 0 atom stereocenters. The van der Waals surface area contributed by atoms with Crippen molar-refractivity contribution in [1.82, 2.24) is 9.88 Å². The molecule has 1 aromatic heterocycles. The Morgan fingerprint density at radius 1 is 1.23 bits per heavy atom. The first-order chi connectivity index (χ1) is 14.5. The smallest absolute Gasteiger partial charge is 0.343 e. The van der Waals surface area contributed by atoms with Crippen LogP contribution < -0.4 is 4.74 Å². The maximum atomic E-state index is 12.8. The topological polar surface area (TPSA) is 94.8 Å². The fraction of sp³-hybridized carbons (Fsp3) is 0.238. The number of nitrogens with zero attached hydrogens (tertiary/aromatic N) is 3. The number of ether oxygens (including phenoxy) is 2. The average Bonchev–Trinajstić information content (AvgIpc) is 2.77. The molecule has 0 bridgehead atoms. The van der Waals surface area contributed by atoms with Gasteiger partial charge in [-0.05, 0) is 24.3 Å². The van der Waals surface area contributed by atoms with Crippen molar-refractivity contribution in [1.29, 1.82) is 0 Å². The number of nitro groups is 1. The molecule has 2 aromatic carbocycles. The first-order valence-corrected chi connectivity index (χ1v) is 9.73. The lowest BCUT2D eigenvalue weighted by molar-refractivity contribution is -0.384. The number of hydrogen-bond donors (Lipinski definition) is 0. The summed E-state index contributed by atoms with van der Waals surface area (Å²) in [6, 6.07) is 10.8. The predicted molar refractivity (Wildman–Crippen MR) is 111 cm³/mol. The van der Waals surface area contributed by atoms with Crippen molar-refractivity contribution < 1.29 is 19.2 Å². The van der Waals surface area contributed by atoms with E-state index in [0.29, 0.717) is 47.0 Å². The molecule has 1 aliphatic heterocycles. The number of non-ortho nitro benzene ring substituents is 1. The van der Waals surface area contributed by atoms with Crippen LogP contribution in [0.4, 0.5) is 5.69 Å². The van der Waals surface area contributed by atoms with E-state index in [4.69, 9.17) is 21.1 Å². The monoisotopic (exact) mass is 427 g/mol. The molecule has 9 heteroatoms. The number of halogens is 1. The third kappa shape index (κ3) is 4.25. The maximum absolute atomic E-state index is 12.8. The third-order valence-corrected chi connectivity index (χ3v) is 5.17. The summed E-state index contributed by atoms with van der Waals surface area (Å²) in [5.74, 6) is -0.394. The first-order valence-electron chi connectivity index (χ1n) is 9.36. The molecule has 4 rings (SSSR count). The van der Waals surface area contributed by atoms with Crippen LogP contribution in [-0.4, -0.2) is 47.1 Å². The molecular formula is C21H18ClN3O5. The summed E-state index contributed by atoms with van der Waals surface area (Å²) in [6.07, 6.45) is 1.60. The van der Waals surface area contributed by atoms with Gasteiger partial charge in [-0.2, -0.15) is 0 Å². The van der Waals surface area contributed by atoms with Crippen LogP contribution in [0.5, 0.6) is 5.75 Å². The van der Waals surface area contributed by atoms with E-state index in [-0.39, 0.29) is 11.3 Å². The van der Waals surface area contributed by atoms with Crippen LogP contribution in [0.1, 0.15) is 15.9 Å². The number of nitro benzene ring substituents is 1. The van der Waals surface area contributed by atoms with Gasteiger partial charge in [0.2, 0.25) is 0 Å². The summed E-state index contributed by atoms with van der Waals surface area (Å²) in [7, 11) is 0. The number of benzene rings is 2. The SMILES string of the molecule is O=C(Oc1c(CN2CCOCC2)cc(Cl)c2cccnc12)c1cccc([N+](=O)[O-])c1. The van der Waals surface area contributed by atoms with Crippen LogP contribution in [0.2, 0.25) is 5.02 Å². The van der Waals surface area contributed by atoms with Crippen LogP contribution in [0.3, 0.4) is 0 Å². The quantitative estimate of drug-likeness (QED) is 0.264. The Bertz CT molecular complexity index is 1110. The second-order valence-electron chi connectivity index (χ2n) is 6.83. The molecular weight excluding hydrogens is 410 g/mol. The van der Waals surface area contributed by atoms with Crippen molar-refractivity contribution in [2.75, 3.05) is 26.3 Å². The Morgan fingerprint density at radius 2 is 2.03 bits per heavy atom. The lowest BCUT2D eigenvalue weighted by Crippen LogP contribution is -2.35. The van der Waals surface area contributed by atoms with Gasteiger partial charge in [0.05, 0.1) is 28.7 Å². The van der Waals surface area contributed by atoms with Crippen molar-refractivity contribution in [2.45, 2.75) is 6.54 Å². The van der Waals surface area contributed by atoms with Gasteiger partial charge in [0.15, 0.2) is 5.75 Å². The summed E-state index contributed by atoms with van der Waals surface area (Å²) in [6.45, 7) is 3.25. The molecule has 0 spiro atoms. The second kappa shape index (κ2) is 8.74. The van der Waals surface area contributed by atoms with Crippen molar-refractivity contribution in [2.24, 2.45) is 0 Å². The van der Waals surface area contributed by atoms with E-state index in [9.17, 15) is 14.9 Å². The normalized spacial score (nSPS) is 14.6. The van der Waals surface area contributed by atoms with Gasteiger partial charge in [0.1, 0.15) is 5.52 Å². The van der Waals surface area contributed by atoms with Gasteiger partial charge >= 0.3 is 5.97 Å². The fourth-order valence-electron chi connectivity index (χ4n) is 3.36. The third-order valence-electron chi connectivity index (χ3n) is 4.86. The summed E-state index contributed by atoms with van der Waals surface area (Å²) < 4.78 is 11.1. The first kappa shape index (κ1) is 20.2. The number of fused-ring (bicyclic) bond motifs is 1. The highest BCUT2D eigenvalue weighted by Crippen LogP contribution is 2.35. The zero-order chi connectivity index (χ0) is 21.1. The highest BCUT2D eigenvalue weighted by molar-refractivity contribution is 6.35. The van der Waals surface area contributed by atoms with Gasteiger partial charge in [0.25, 0.3) is 5.69 Å². The fourth-order valence-corrected chi connectivity index (χ4v) is 3.64. The van der Waals surface area contributed by atoms with Gasteiger partial charge in [-0.1, -0.05) is 17.7 Å². The minimum absolute atomic E-state index is 0.0838. The molecule has 1 saturated heterocycles. The Morgan fingerprint density at radius 3 is 2.80 bits per heavy atom. The van der Waals surface area contributed by atoms with Crippen LogP contribution in [0, 0.1) is 10.1 Å². The molecule has 1 fully saturated rings. The molecule has 0 unspecified atom stereocenters. The number of rotatable bonds is 5. The number of esters is 1. The summed E-state index contributed by atoms with van der Waals surface area (Å²) in [4.78, 5) is 29.9. The Hall–Kier alpha value is -3.07. The van der Waals surface area contributed by atoms with Gasteiger partial charge in [-0.15, -0.1) is 0 Å². The lowest BCUT2D eigenvalue weighted by atomic mass is 10.1. The van der Waals surface area contributed by atoms with Gasteiger partial charge in [0, 0.05) is 48.9 Å². The predicted octanol–water partition coefficient (Wildman–Crippen LogP) is 3.85. The van der Waals surface area contributed by atoms with Crippen molar-refractivity contribution >= 4 is 34.2 Å².